The van der Waals surface area contributed by atoms with Crippen LogP contribution in [0.3, 0.4) is 0 Å². The largest absolute Gasteiger partial charge is 0.393 e. The second-order valence-electron chi connectivity index (χ2n) is 4.92. The number of carbonyl (C=O) groups is 1. The Bertz CT molecular complexity index is 455. The second kappa shape index (κ2) is 5.97. The van der Waals surface area contributed by atoms with Gasteiger partial charge in [0, 0.05) is 25.7 Å². The van der Waals surface area contributed by atoms with Crippen molar-refractivity contribution in [2.24, 2.45) is 5.92 Å². The maximum Gasteiger partial charge on any atom is 0.321 e. The molecule has 1 fully saturated rings. The molecule has 19 heavy (non-hydrogen) atoms. The molecule has 1 aliphatic carbocycles. The molecule has 0 aromatic carbocycles. The van der Waals surface area contributed by atoms with Gasteiger partial charge in [0.1, 0.15) is 0 Å². The zero-order chi connectivity index (χ0) is 13.8. The molecular formula is C13H18FN3O2. The monoisotopic (exact) mass is 267 g/mol. The first-order valence-electron chi connectivity index (χ1n) is 6.37. The van der Waals surface area contributed by atoms with Gasteiger partial charge in [0.2, 0.25) is 0 Å². The Balaban J connectivity index is 1.91. The number of nitrogens with one attached hydrogen (secondary N) is 1. The first kappa shape index (κ1) is 13.7. The van der Waals surface area contributed by atoms with Gasteiger partial charge in [-0.05, 0) is 18.9 Å². The molecule has 2 atom stereocenters. The van der Waals surface area contributed by atoms with E-state index in [0.717, 1.165) is 25.5 Å². The maximum atomic E-state index is 13.3. The Labute approximate surface area is 111 Å². The summed E-state index contributed by atoms with van der Waals surface area (Å²) in [6.07, 6.45) is 4.82. The lowest BCUT2D eigenvalue weighted by molar-refractivity contribution is 0.116. The number of hydrogen-bond acceptors (Lipinski definition) is 3. The van der Waals surface area contributed by atoms with Crippen LogP contribution in [0.25, 0.3) is 0 Å². The zero-order valence-electron chi connectivity index (χ0n) is 10.8. The molecule has 1 aromatic heterocycles. The van der Waals surface area contributed by atoms with Gasteiger partial charge in [0.05, 0.1) is 18.0 Å². The van der Waals surface area contributed by atoms with E-state index in [9.17, 15) is 14.3 Å². The van der Waals surface area contributed by atoms with E-state index >= 15 is 0 Å². The number of hydrogen-bond donors (Lipinski definition) is 2. The molecule has 2 N–H and O–H groups in total. The van der Waals surface area contributed by atoms with Gasteiger partial charge in [-0.25, -0.2) is 9.18 Å². The van der Waals surface area contributed by atoms with Crippen LogP contribution in [0.15, 0.2) is 18.5 Å². The van der Waals surface area contributed by atoms with Gasteiger partial charge in [-0.3, -0.25) is 4.98 Å². The number of rotatable bonds is 3. The van der Waals surface area contributed by atoms with Crippen LogP contribution in [-0.2, 0) is 0 Å². The summed E-state index contributed by atoms with van der Waals surface area (Å²) in [5.74, 6) is -0.455. The van der Waals surface area contributed by atoms with E-state index in [4.69, 9.17) is 0 Å². The highest BCUT2D eigenvalue weighted by Gasteiger charge is 2.27. The number of aromatic nitrogens is 1. The molecule has 0 radical (unpaired) electrons. The molecule has 1 aromatic rings. The molecule has 0 unspecified atom stereocenters. The molecule has 104 valence electrons. The Morgan fingerprint density at radius 3 is 3.05 bits per heavy atom. The molecule has 2 amide bonds. The molecule has 0 saturated heterocycles. The number of pyridine rings is 1. The SMILES string of the molecule is CN(C[C@@H]1CCC[C@@H]1O)C(=O)Nc1ccncc1F. The van der Waals surface area contributed by atoms with Crippen LogP contribution in [0.2, 0.25) is 0 Å². The third-order valence-corrected chi connectivity index (χ3v) is 3.49. The molecule has 0 spiro atoms. The van der Waals surface area contributed by atoms with Crippen molar-refractivity contribution in [1.29, 1.82) is 0 Å². The van der Waals surface area contributed by atoms with Crippen molar-refractivity contribution in [3.63, 3.8) is 0 Å². The minimum atomic E-state index is -0.565. The van der Waals surface area contributed by atoms with Gasteiger partial charge in [0.15, 0.2) is 5.82 Å². The number of carbonyl (C=O) groups excluding carboxylic acids is 1. The van der Waals surface area contributed by atoms with E-state index in [2.05, 4.69) is 10.3 Å². The first-order chi connectivity index (χ1) is 9.08. The van der Waals surface area contributed by atoms with E-state index in [-0.39, 0.29) is 23.7 Å². The zero-order valence-corrected chi connectivity index (χ0v) is 10.8. The Morgan fingerprint density at radius 2 is 2.42 bits per heavy atom. The lowest BCUT2D eigenvalue weighted by Crippen LogP contribution is -2.37. The van der Waals surface area contributed by atoms with Gasteiger partial charge < -0.3 is 15.3 Å². The summed E-state index contributed by atoms with van der Waals surface area (Å²) >= 11 is 0. The quantitative estimate of drug-likeness (QED) is 0.878. The van der Waals surface area contributed by atoms with Crippen molar-refractivity contribution in [2.45, 2.75) is 25.4 Å². The summed E-state index contributed by atoms with van der Waals surface area (Å²) < 4.78 is 13.3. The minimum Gasteiger partial charge on any atom is -0.393 e. The predicted octanol–water partition coefficient (Wildman–Crippen LogP) is 1.85. The van der Waals surface area contributed by atoms with E-state index in [1.54, 1.807) is 7.05 Å². The first-order valence-corrected chi connectivity index (χ1v) is 6.37. The van der Waals surface area contributed by atoms with Gasteiger partial charge >= 0.3 is 6.03 Å². The molecule has 1 saturated carbocycles. The molecule has 6 heteroatoms. The molecule has 0 aliphatic heterocycles. The van der Waals surface area contributed by atoms with E-state index in [0.29, 0.717) is 6.54 Å². The van der Waals surface area contributed by atoms with Gasteiger partial charge in [-0.15, -0.1) is 0 Å². The van der Waals surface area contributed by atoms with Crippen LogP contribution in [0.4, 0.5) is 14.9 Å². The fraction of sp³-hybridized carbons (Fsp3) is 0.538. The Morgan fingerprint density at radius 1 is 1.63 bits per heavy atom. The Kier molecular flexibility index (Phi) is 4.31. The van der Waals surface area contributed by atoms with Gasteiger partial charge in [-0.2, -0.15) is 0 Å². The summed E-state index contributed by atoms with van der Waals surface area (Å²) in [4.78, 5) is 17.0. The highest BCUT2D eigenvalue weighted by Crippen LogP contribution is 2.26. The average molecular weight is 267 g/mol. The fourth-order valence-electron chi connectivity index (χ4n) is 2.35. The van der Waals surface area contributed by atoms with E-state index < -0.39 is 5.82 Å². The fourth-order valence-corrected chi connectivity index (χ4v) is 2.35. The number of anilines is 1. The topological polar surface area (TPSA) is 65.5 Å². The highest BCUT2D eigenvalue weighted by atomic mass is 19.1. The van der Waals surface area contributed by atoms with Crippen molar-refractivity contribution in [1.82, 2.24) is 9.88 Å². The normalized spacial score (nSPS) is 22.3. The average Bonchev–Trinajstić information content (AvgIpc) is 2.78. The molecule has 1 heterocycles. The predicted molar refractivity (Wildman–Crippen MR) is 69.2 cm³/mol. The standard InChI is InChI=1S/C13H18FN3O2/c1-17(8-9-3-2-4-12(9)18)13(19)16-11-5-6-15-7-10(11)14/h5-7,9,12,18H,2-4,8H2,1H3,(H,15,16,19)/t9-,12-/m0/s1. The van der Waals surface area contributed by atoms with Gasteiger partial charge in [-0.1, -0.05) is 6.42 Å². The van der Waals surface area contributed by atoms with Crippen molar-refractivity contribution < 1.29 is 14.3 Å². The third kappa shape index (κ3) is 3.41. The Hall–Kier alpha value is -1.69. The second-order valence-corrected chi connectivity index (χ2v) is 4.92. The van der Waals surface area contributed by atoms with Gasteiger partial charge in [0.25, 0.3) is 0 Å². The maximum absolute atomic E-state index is 13.3. The van der Waals surface area contributed by atoms with Crippen molar-refractivity contribution >= 4 is 11.7 Å². The van der Waals surface area contributed by atoms with Crippen molar-refractivity contribution in [3.05, 3.63) is 24.3 Å². The lowest BCUT2D eigenvalue weighted by atomic mass is 10.1. The summed E-state index contributed by atoms with van der Waals surface area (Å²) in [5.41, 5.74) is 0.110. The summed E-state index contributed by atoms with van der Waals surface area (Å²) in [6.45, 7) is 0.472. The smallest absolute Gasteiger partial charge is 0.321 e. The summed E-state index contributed by atoms with van der Waals surface area (Å²) in [7, 11) is 1.64. The van der Waals surface area contributed by atoms with Crippen LogP contribution in [-0.4, -0.2) is 40.7 Å². The number of nitrogens with zero attached hydrogens (tertiary/aromatic N) is 2. The number of urea groups is 1. The number of aliphatic hydroxyl groups excluding tert-OH is 1. The summed E-state index contributed by atoms with van der Waals surface area (Å²) in [6, 6.07) is 1.02. The van der Waals surface area contributed by atoms with Crippen molar-refractivity contribution in [3.8, 4) is 0 Å². The minimum absolute atomic E-state index is 0.109. The van der Waals surface area contributed by atoms with E-state index in [1.807, 2.05) is 0 Å². The number of halogens is 1. The summed E-state index contributed by atoms with van der Waals surface area (Å²) in [5, 5.41) is 12.2. The molecule has 0 bridgehead atoms. The van der Waals surface area contributed by atoms with Crippen LogP contribution in [0.5, 0.6) is 0 Å². The molecular weight excluding hydrogens is 249 g/mol. The molecule has 1 aliphatic rings. The van der Waals surface area contributed by atoms with Crippen LogP contribution in [0, 0.1) is 11.7 Å². The van der Waals surface area contributed by atoms with Crippen LogP contribution >= 0.6 is 0 Å². The van der Waals surface area contributed by atoms with Crippen LogP contribution in [0.1, 0.15) is 19.3 Å². The number of aliphatic hydroxyl groups is 1. The molecule has 5 nitrogen and oxygen atoms in total. The highest BCUT2D eigenvalue weighted by molar-refractivity contribution is 5.89. The molecule has 2 rings (SSSR count). The lowest BCUT2D eigenvalue weighted by Gasteiger charge is -2.23. The van der Waals surface area contributed by atoms with Crippen molar-refractivity contribution in [2.75, 3.05) is 18.9 Å². The third-order valence-electron chi connectivity index (χ3n) is 3.49. The van der Waals surface area contributed by atoms with Crippen LogP contribution < -0.4 is 5.32 Å². The number of amides is 2. The van der Waals surface area contributed by atoms with E-state index in [1.165, 1.54) is 17.2 Å².